The maximum atomic E-state index is 13.4. The molecule has 0 radical (unpaired) electrons. The molecule has 0 fully saturated rings. The summed E-state index contributed by atoms with van der Waals surface area (Å²) in [7, 11) is -2.17. The van der Waals surface area contributed by atoms with Crippen LogP contribution in [0.4, 0.5) is 5.69 Å². The van der Waals surface area contributed by atoms with Crippen molar-refractivity contribution in [1.29, 1.82) is 0 Å². The van der Waals surface area contributed by atoms with Crippen LogP contribution in [0.5, 0.6) is 5.75 Å². The third kappa shape index (κ3) is 9.09. The first-order chi connectivity index (χ1) is 17.4. The van der Waals surface area contributed by atoms with E-state index in [9.17, 15) is 18.0 Å². The highest BCUT2D eigenvalue weighted by molar-refractivity contribution is 7.92. The fraction of sp³-hybridized carbons (Fsp3) is 0.462. The van der Waals surface area contributed by atoms with E-state index in [4.69, 9.17) is 27.9 Å². The fourth-order valence-electron chi connectivity index (χ4n) is 3.90. The SMILES string of the molecule is CC[C@H](C(=O)NC(C)C)N(Cc1ccc(Cl)cc1)C(=O)CCCN(c1ccc(OC)c(Cl)c1)S(C)(=O)=O. The minimum atomic E-state index is -3.64. The largest absolute Gasteiger partial charge is 0.495 e. The third-order valence-electron chi connectivity index (χ3n) is 5.66. The van der Waals surface area contributed by atoms with Gasteiger partial charge in [-0.25, -0.2) is 8.42 Å². The van der Waals surface area contributed by atoms with Crippen LogP contribution in [0.3, 0.4) is 0 Å². The van der Waals surface area contributed by atoms with Crippen LogP contribution in [0.1, 0.15) is 45.6 Å². The number of benzene rings is 2. The second-order valence-electron chi connectivity index (χ2n) is 8.99. The van der Waals surface area contributed by atoms with Gasteiger partial charge in [-0.3, -0.25) is 13.9 Å². The van der Waals surface area contributed by atoms with E-state index in [0.29, 0.717) is 22.9 Å². The summed E-state index contributed by atoms with van der Waals surface area (Å²) >= 11 is 12.2. The highest BCUT2D eigenvalue weighted by Crippen LogP contribution is 2.30. The average molecular weight is 573 g/mol. The Bertz CT molecular complexity index is 1170. The highest BCUT2D eigenvalue weighted by Gasteiger charge is 2.29. The van der Waals surface area contributed by atoms with Crippen LogP contribution in [0, 0.1) is 0 Å². The summed E-state index contributed by atoms with van der Waals surface area (Å²) in [5.41, 5.74) is 1.21. The number of anilines is 1. The predicted octanol–water partition coefficient (Wildman–Crippen LogP) is 4.88. The van der Waals surface area contributed by atoms with Crippen molar-refractivity contribution >= 4 is 50.7 Å². The molecule has 0 aliphatic carbocycles. The van der Waals surface area contributed by atoms with Crippen molar-refractivity contribution in [3.8, 4) is 5.75 Å². The van der Waals surface area contributed by atoms with Gasteiger partial charge >= 0.3 is 0 Å². The molecule has 204 valence electrons. The molecule has 0 unspecified atom stereocenters. The number of sulfonamides is 1. The number of nitrogens with zero attached hydrogens (tertiary/aromatic N) is 2. The molecule has 0 aliphatic heterocycles. The Morgan fingerprint density at radius 1 is 1.08 bits per heavy atom. The number of carbonyl (C=O) groups excluding carboxylic acids is 2. The van der Waals surface area contributed by atoms with Crippen molar-refractivity contribution in [3.63, 3.8) is 0 Å². The number of hydrogen-bond acceptors (Lipinski definition) is 5. The summed E-state index contributed by atoms with van der Waals surface area (Å²) in [6.45, 7) is 5.87. The van der Waals surface area contributed by atoms with Crippen LogP contribution in [0.25, 0.3) is 0 Å². The predicted molar refractivity (Wildman–Crippen MR) is 149 cm³/mol. The van der Waals surface area contributed by atoms with E-state index in [1.807, 2.05) is 32.9 Å². The van der Waals surface area contributed by atoms with Crippen molar-refractivity contribution in [2.24, 2.45) is 0 Å². The van der Waals surface area contributed by atoms with Gasteiger partial charge in [0.2, 0.25) is 21.8 Å². The molecule has 1 N–H and O–H groups in total. The molecule has 1 atom stereocenters. The standard InChI is InChI=1S/C26H35Cl2N3O5S/c1-6-23(26(33)29-18(2)3)30(17-19-9-11-20(27)12-10-19)25(32)8-7-15-31(37(5,34)35)21-13-14-24(36-4)22(28)16-21/h9-14,16,18,23H,6-8,15,17H2,1-5H3,(H,29,33)/t23-/m1/s1. The normalized spacial score (nSPS) is 12.2. The molecular weight excluding hydrogens is 537 g/mol. The molecule has 0 bridgehead atoms. The van der Waals surface area contributed by atoms with Gasteiger partial charge in [0, 0.05) is 30.6 Å². The first kappa shape index (κ1) is 30.7. The van der Waals surface area contributed by atoms with Gasteiger partial charge in [-0.05, 0) is 62.6 Å². The van der Waals surface area contributed by atoms with Crippen LogP contribution < -0.4 is 14.4 Å². The summed E-state index contributed by atoms with van der Waals surface area (Å²) < 4.78 is 31.4. The summed E-state index contributed by atoms with van der Waals surface area (Å²) in [6, 6.07) is 11.1. The summed E-state index contributed by atoms with van der Waals surface area (Å²) in [5.74, 6) is -0.0514. The van der Waals surface area contributed by atoms with Crippen molar-refractivity contribution in [2.75, 3.05) is 24.2 Å². The topological polar surface area (TPSA) is 96.0 Å². The Morgan fingerprint density at radius 3 is 2.24 bits per heavy atom. The molecule has 2 aromatic rings. The van der Waals surface area contributed by atoms with Gasteiger partial charge in [-0.15, -0.1) is 0 Å². The van der Waals surface area contributed by atoms with Crippen LogP contribution >= 0.6 is 23.2 Å². The molecule has 0 saturated heterocycles. The lowest BCUT2D eigenvalue weighted by atomic mass is 10.1. The summed E-state index contributed by atoms with van der Waals surface area (Å²) in [6.07, 6.45) is 1.82. The van der Waals surface area contributed by atoms with Crippen molar-refractivity contribution in [3.05, 3.63) is 58.1 Å². The lowest BCUT2D eigenvalue weighted by Gasteiger charge is -2.31. The van der Waals surface area contributed by atoms with E-state index in [-0.39, 0.29) is 48.8 Å². The molecule has 2 amide bonds. The quantitative estimate of drug-likeness (QED) is 0.369. The van der Waals surface area contributed by atoms with E-state index in [1.165, 1.54) is 17.5 Å². The van der Waals surface area contributed by atoms with Crippen LogP contribution in [0.2, 0.25) is 10.0 Å². The van der Waals surface area contributed by atoms with E-state index in [1.54, 1.807) is 29.2 Å². The Morgan fingerprint density at radius 2 is 1.73 bits per heavy atom. The minimum Gasteiger partial charge on any atom is -0.495 e. The van der Waals surface area contributed by atoms with Gasteiger partial charge < -0.3 is 15.0 Å². The molecule has 2 aromatic carbocycles. The second-order valence-corrected chi connectivity index (χ2v) is 11.7. The molecule has 8 nitrogen and oxygen atoms in total. The molecule has 0 heterocycles. The Balaban J connectivity index is 2.23. The maximum absolute atomic E-state index is 13.4. The fourth-order valence-corrected chi connectivity index (χ4v) is 5.24. The molecule has 2 rings (SSSR count). The van der Waals surface area contributed by atoms with Crippen molar-refractivity contribution in [2.45, 2.75) is 58.7 Å². The smallest absolute Gasteiger partial charge is 0.243 e. The van der Waals surface area contributed by atoms with Crippen molar-refractivity contribution in [1.82, 2.24) is 10.2 Å². The molecular formula is C26H35Cl2N3O5S. The number of hydrogen-bond donors (Lipinski definition) is 1. The Kier molecular flexibility index (Phi) is 11.5. The first-order valence-corrected chi connectivity index (χ1v) is 14.6. The zero-order valence-electron chi connectivity index (χ0n) is 21.8. The van der Waals surface area contributed by atoms with Gasteiger partial charge in [-0.2, -0.15) is 0 Å². The molecule has 0 aliphatic rings. The molecule has 0 aromatic heterocycles. The average Bonchev–Trinajstić information content (AvgIpc) is 2.81. The van der Waals surface area contributed by atoms with Gasteiger partial charge in [0.05, 0.1) is 24.1 Å². The van der Waals surface area contributed by atoms with E-state index in [0.717, 1.165) is 11.8 Å². The highest BCUT2D eigenvalue weighted by atomic mass is 35.5. The summed E-state index contributed by atoms with van der Waals surface area (Å²) in [5, 5.41) is 3.74. The van der Waals surface area contributed by atoms with E-state index < -0.39 is 16.1 Å². The number of nitrogens with one attached hydrogen (secondary N) is 1. The number of methoxy groups -OCH3 is 1. The molecule has 0 saturated carbocycles. The van der Waals surface area contributed by atoms with Gasteiger partial charge in [0.25, 0.3) is 0 Å². The number of amides is 2. The van der Waals surface area contributed by atoms with Crippen molar-refractivity contribution < 1.29 is 22.7 Å². The van der Waals surface area contributed by atoms with Crippen LogP contribution in [0.15, 0.2) is 42.5 Å². The van der Waals surface area contributed by atoms with Gasteiger partial charge in [-0.1, -0.05) is 42.3 Å². The minimum absolute atomic E-state index is 0.0506. The lowest BCUT2D eigenvalue weighted by Crippen LogP contribution is -2.50. The monoisotopic (exact) mass is 571 g/mol. The maximum Gasteiger partial charge on any atom is 0.243 e. The van der Waals surface area contributed by atoms with Crippen LogP contribution in [-0.2, 0) is 26.2 Å². The third-order valence-corrected chi connectivity index (χ3v) is 7.40. The Hall–Kier alpha value is -2.49. The molecule has 0 spiro atoms. The zero-order chi connectivity index (χ0) is 27.8. The first-order valence-electron chi connectivity index (χ1n) is 12.0. The molecule has 11 heteroatoms. The number of ether oxygens (including phenoxy) is 1. The lowest BCUT2D eigenvalue weighted by molar-refractivity contribution is -0.141. The molecule has 37 heavy (non-hydrogen) atoms. The second kappa shape index (κ2) is 13.9. The number of rotatable bonds is 13. The van der Waals surface area contributed by atoms with Crippen LogP contribution in [-0.4, -0.2) is 57.1 Å². The van der Waals surface area contributed by atoms with E-state index in [2.05, 4.69) is 5.32 Å². The van der Waals surface area contributed by atoms with Gasteiger partial charge in [0.1, 0.15) is 11.8 Å². The summed E-state index contributed by atoms with van der Waals surface area (Å²) in [4.78, 5) is 27.9. The Labute approximate surface area is 229 Å². The number of carbonyl (C=O) groups is 2. The van der Waals surface area contributed by atoms with Gasteiger partial charge in [0.15, 0.2) is 0 Å². The van der Waals surface area contributed by atoms with E-state index >= 15 is 0 Å². The zero-order valence-corrected chi connectivity index (χ0v) is 24.2. The number of halogens is 2.